The lowest BCUT2D eigenvalue weighted by Gasteiger charge is -2.42. The number of esters is 2. The molecule has 0 aliphatic carbocycles. The molecule has 11 heteroatoms. The molecule has 23 heavy (non-hydrogen) atoms. The van der Waals surface area contributed by atoms with Gasteiger partial charge in [0.1, 0.15) is 6.04 Å². The van der Waals surface area contributed by atoms with E-state index in [0.29, 0.717) is 0 Å². The topological polar surface area (TPSA) is 111 Å². The van der Waals surface area contributed by atoms with E-state index < -0.39 is 54.7 Å². The summed E-state index contributed by atoms with van der Waals surface area (Å²) < 4.78 is 51.8. The van der Waals surface area contributed by atoms with Gasteiger partial charge < -0.3 is 24.6 Å². The first kappa shape index (κ1) is 19.2. The van der Waals surface area contributed by atoms with Crippen LogP contribution in [0, 0.1) is 0 Å². The molecule has 0 aromatic heterocycles. The van der Waals surface area contributed by atoms with Crippen LogP contribution < -0.4 is 5.32 Å². The van der Waals surface area contributed by atoms with Crippen LogP contribution >= 0.6 is 0 Å². The minimum atomic E-state index is -5.22. The summed E-state index contributed by atoms with van der Waals surface area (Å²) in [5.41, 5.74) is 0. The highest BCUT2D eigenvalue weighted by Crippen LogP contribution is 2.26. The Hall–Kier alpha value is -1.88. The van der Waals surface area contributed by atoms with Crippen LogP contribution in [-0.2, 0) is 28.6 Å². The fourth-order valence-corrected chi connectivity index (χ4v) is 2.09. The minimum absolute atomic E-state index is 0.806. The van der Waals surface area contributed by atoms with E-state index in [0.717, 1.165) is 13.8 Å². The summed E-state index contributed by atoms with van der Waals surface area (Å²) in [6.45, 7) is 3.36. The van der Waals surface area contributed by atoms with Crippen LogP contribution in [0.5, 0.6) is 0 Å². The van der Waals surface area contributed by atoms with Crippen LogP contribution in [0.2, 0.25) is 0 Å². The molecule has 0 bridgehead atoms. The Morgan fingerprint density at radius 1 is 1.09 bits per heavy atom. The zero-order valence-electron chi connectivity index (χ0n) is 12.4. The Kier molecular flexibility index (Phi) is 5.94. The highest BCUT2D eigenvalue weighted by molar-refractivity contribution is 5.82. The van der Waals surface area contributed by atoms with Gasteiger partial charge >= 0.3 is 24.0 Å². The number of ether oxygens (including phenoxy) is 3. The summed E-state index contributed by atoms with van der Waals surface area (Å²) in [4.78, 5) is 33.3. The van der Waals surface area contributed by atoms with Crippen molar-refractivity contribution in [3.05, 3.63) is 0 Å². The van der Waals surface area contributed by atoms with Crippen LogP contribution in [0.4, 0.5) is 13.2 Å². The molecule has 1 fully saturated rings. The number of carbonyl (C=O) groups is 3. The van der Waals surface area contributed by atoms with Gasteiger partial charge in [0.25, 0.3) is 0 Å². The molecule has 1 amide bonds. The summed E-state index contributed by atoms with van der Waals surface area (Å²) in [6.07, 6.45) is -11.0. The first-order chi connectivity index (χ1) is 10.4. The van der Waals surface area contributed by atoms with Gasteiger partial charge in [0.2, 0.25) is 0 Å². The van der Waals surface area contributed by atoms with E-state index in [9.17, 15) is 32.7 Å². The van der Waals surface area contributed by atoms with Crippen molar-refractivity contribution in [1.82, 2.24) is 5.32 Å². The number of halogens is 3. The molecule has 1 rings (SSSR count). The Morgan fingerprint density at radius 3 is 2.00 bits per heavy atom. The van der Waals surface area contributed by atoms with E-state index in [1.165, 1.54) is 12.2 Å². The predicted octanol–water partition coefficient (Wildman–Crippen LogP) is -0.366. The molecule has 0 radical (unpaired) electrons. The molecule has 0 unspecified atom stereocenters. The van der Waals surface area contributed by atoms with E-state index in [4.69, 9.17) is 14.2 Å². The first-order valence-electron chi connectivity index (χ1n) is 6.49. The monoisotopic (exact) mass is 343 g/mol. The summed E-state index contributed by atoms with van der Waals surface area (Å²) in [5, 5.41) is 11.2. The van der Waals surface area contributed by atoms with Gasteiger partial charge in [-0.05, 0) is 6.92 Å². The maximum atomic E-state index is 12.4. The fraction of sp³-hybridized carbons (Fsp3) is 0.750. The van der Waals surface area contributed by atoms with Crippen LogP contribution in [0.15, 0.2) is 0 Å². The third kappa shape index (κ3) is 5.06. The van der Waals surface area contributed by atoms with E-state index in [1.54, 1.807) is 0 Å². The molecule has 5 atom stereocenters. The number of aliphatic hydroxyl groups is 1. The Balaban J connectivity index is 3.08. The van der Waals surface area contributed by atoms with Crippen molar-refractivity contribution in [3.63, 3.8) is 0 Å². The maximum absolute atomic E-state index is 12.4. The number of alkyl halides is 3. The van der Waals surface area contributed by atoms with E-state index in [2.05, 4.69) is 0 Å². The zero-order valence-corrected chi connectivity index (χ0v) is 12.4. The number of aliphatic hydroxyl groups excluding tert-OH is 1. The Morgan fingerprint density at radius 2 is 1.57 bits per heavy atom. The van der Waals surface area contributed by atoms with Crippen LogP contribution in [0.25, 0.3) is 0 Å². The molecule has 1 saturated heterocycles. The average molecular weight is 343 g/mol. The Bertz CT molecular complexity index is 482. The van der Waals surface area contributed by atoms with Gasteiger partial charge in [-0.1, -0.05) is 0 Å². The van der Waals surface area contributed by atoms with Gasteiger partial charge in [-0.2, -0.15) is 13.2 Å². The molecule has 8 nitrogen and oxygen atoms in total. The zero-order chi connectivity index (χ0) is 17.9. The predicted molar refractivity (Wildman–Crippen MR) is 65.6 cm³/mol. The van der Waals surface area contributed by atoms with Crippen LogP contribution in [0.3, 0.4) is 0 Å². The average Bonchev–Trinajstić information content (AvgIpc) is 2.36. The molecule has 0 aromatic carbocycles. The number of nitrogens with one attached hydrogen (secondary N) is 1. The Labute approximate surface area is 128 Å². The first-order valence-corrected chi connectivity index (χ1v) is 6.49. The highest BCUT2D eigenvalue weighted by Gasteiger charge is 2.51. The number of hydrogen-bond acceptors (Lipinski definition) is 7. The molecule has 1 heterocycles. The smallest absolute Gasteiger partial charge is 0.456 e. The lowest BCUT2D eigenvalue weighted by molar-refractivity contribution is -0.255. The lowest BCUT2D eigenvalue weighted by atomic mass is 9.97. The van der Waals surface area contributed by atoms with Gasteiger partial charge in [0.05, 0.1) is 6.10 Å². The lowest BCUT2D eigenvalue weighted by Crippen LogP contribution is -2.65. The van der Waals surface area contributed by atoms with Crippen molar-refractivity contribution in [3.8, 4) is 0 Å². The summed E-state index contributed by atoms with van der Waals surface area (Å²) in [7, 11) is 0. The van der Waals surface area contributed by atoms with Crippen molar-refractivity contribution in [1.29, 1.82) is 0 Å². The van der Waals surface area contributed by atoms with Crippen molar-refractivity contribution < 1.29 is 46.9 Å². The van der Waals surface area contributed by atoms with Crippen molar-refractivity contribution in [2.75, 3.05) is 0 Å². The minimum Gasteiger partial charge on any atom is -0.456 e. The summed E-state index contributed by atoms with van der Waals surface area (Å²) >= 11 is 0. The third-order valence-electron chi connectivity index (χ3n) is 2.96. The third-order valence-corrected chi connectivity index (χ3v) is 2.96. The summed E-state index contributed by atoms with van der Waals surface area (Å²) in [5.74, 6) is -4.07. The van der Waals surface area contributed by atoms with Gasteiger partial charge in [-0.3, -0.25) is 14.4 Å². The highest BCUT2D eigenvalue weighted by atomic mass is 19.4. The van der Waals surface area contributed by atoms with Gasteiger partial charge in [-0.15, -0.1) is 0 Å². The fourth-order valence-electron chi connectivity index (χ4n) is 2.09. The van der Waals surface area contributed by atoms with Crippen LogP contribution in [-0.4, -0.2) is 59.8 Å². The quantitative estimate of drug-likeness (QED) is 0.673. The van der Waals surface area contributed by atoms with E-state index in [1.807, 2.05) is 0 Å². The number of rotatable bonds is 3. The maximum Gasteiger partial charge on any atom is 0.471 e. The van der Waals surface area contributed by atoms with Gasteiger partial charge in [0, 0.05) is 13.8 Å². The second-order valence-corrected chi connectivity index (χ2v) is 4.88. The number of amides is 1. The van der Waals surface area contributed by atoms with E-state index >= 15 is 0 Å². The van der Waals surface area contributed by atoms with Gasteiger partial charge in [-0.25, -0.2) is 0 Å². The molecule has 2 N–H and O–H groups in total. The van der Waals surface area contributed by atoms with Crippen molar-refractivity contribution in [2.45, 2.75) is 57.6 Å². The normalized spacial score (nSPS) is 31.2. The number of hydrogen-bond donors (Lipinski definition) is 2. The molecule has 1 aliphatic rings. The molecule has 0 saturated carbocycles. The molecular formula is C12H16F3NO7. The van der Waals surface area contributed by atoms with E-state index in [-0.39, 0.29) is 0 Å². The summed E-state index contributed by atoms with van der Waals surface area (Å²) in [6, 6.07) is -1.77. The molecule has 0 spiro atoms. The standard InChI is InChI=1S/C12H16F3NO7/c1-4-8(22-5(2)17)9(23-6(3)18)7(10(19)21-4)16-11(20)12(13,14)15/h4,7-10,19H,1-3H3,(H,16,20)/t4-,7-,8+,9-,10-/m0/s1. The SMILES string of the molecule is CC(=O)O[C@H]1[C@H](NC(=O)C(F)(F)F)[C@@H](O)O[C@@H](C)[C@H]1OC(C)=O. The number of carbonyl (C=O) groups excluding carboxylic acids is 3. The second-order valence-electron chi connectivity index (χ2n) is 4.88. The largest absolute Gasteiger partial charge is 0.471 e. The second kappa shape index (κ2) is 7.13. The molecular weight excluding hydrogens is 327 g/mol. The van der Waals surface area contributed by atoms with Gasteiger partial charge in [0.15, 0.2) is 18.5 Å². The van der Waals surface area contributed by atoms with Crippen LogP contribution in [0.1, 0.15) is 20.8 Å². The van der Waals surface area contributed by atoms with Crippen molar-refractivity contribution in [2.24, 2.45) is 0 Å². The molecule has 1 aliphatic heterocycles. The van der Waals surface area contributed by atoms with Crippen molar-refractivity contribution >= 4 is 17.8 Å². The molecule has 0 aromatic rings. The molecule has 132 valence electrons.